The Bertz CT molecular complexity index is 1390. The van der Waals surface area contributed by atoms with Gasteiger partial charge < -0.3 is 0 Å². The minimum atomic E-state index is 0.0671. The molecule has 0 unspecified atom stereocenters. The summed E-state index contributed by atoms with van der Waals surface area (Å²) in [5.74, 6) is 1.90. The summed E-state index contributed by atoms with van der Waals surface area (Å²) in [7, 11) is 0. The smallest absolute Gasteiger partial charge is 0.196 e. The van der Waals surface area contributed by atoms with Crippen LogP contribution in [-0.2, 0) is 5.75 Å². The molecule has 0 atom stereocenters. The molecule has 0 aliphatic rings. The highest BCUT2D eigenvalue weighted by Gasteiger charge is 2.17. The lowest BCUT2D eigenvalue weighted by Gasteiger charge is -2.10. The van der Waals surface area contributed by atoms with Gasteiger partial charge in [-0.05, 0) is 35.4 Å². The number of rotatable bonds is 9. The maximum atomic E-state index is 12.9. The summed E-state index contributed by atoms with van der Waals surface area (Å²) in [6.07, 6.45) is 0. The van der Waals surface area contributed by atoms with Gasteiger partial charge >= 0.3 is 0 Å². The predicted octanol–water partition coefficient (Wildman–Crippen LogP) is 7.20. The van der Waals surface area contributed by atoms with Crippen molar-refractivity contribution in [1.82, 2.24) is 14.8 Å². The summed E-state index contributed by atoms with van der Waals surface area (Å²) in [5, 5.41) is 9.61. The van der Waals surface area contributed by atoms with Crippen molar-refractivity contribution in [2.45, 2.75) is 15.8 Å². The molecule has 6 heteroatoms. The Morgan fingerprint density at radius 2 is 1.26 bits per heavy atom. The number of aromatic nitrogens is 3. The fourth-order valence-corrected chi connectivity index (χ4v) is 5.38. The second-order valence-corrected chi connectivity index (χ2v) is 9.82. The van der Waals surface area contributed by atoms with E-state index in [1.54, 1.807) is 11.8 Å². The van der Waals surface area contributed by atoms with Crippen molar-refractivity contribution in [3.05, 3.63) is 127 Å². The van der Waals surface area contributed by atoms with E-state index < -0.39 is 0 Å². The summed E-state index contributed by atoms with van der Waals surface area (Å²) in [4.78, 5) is 14.1. The number of carbonyl (C=O) groups excluding carboxylic acids is 1. The third-order valence-corrected chi connectivity index (χ3v) is 7.41. The fraction of sp³-hybridized carbons (Fsp3) is 0.0690. The van der Waals surface area contributed by atoms with E-state index in [1.165, 1.54) is 16.7 Å². The number of thioether (sulfide) groups is 2. The molecule has 172 valence electrons. The maximum absolute atomic E-state index is 12.9. The van der Waals surface area contributed by atoms with Gasteiger partial charge in [-0.1, -0.05) is 103 Å². The van der Waals surface area contributed by atoms with Crippen LogP contribution in [0.5, 0.6) is 0 Å². The average Bonchev–Trinajstić information content (AvgIpc) is 3.35. The molecular formula is C29H23N3OS2. The van der Waals surface area contributed by atoms with Crippen molar-refractivity contribution in [2.24, 2.45) is 0 Å². The molecule has 1 aromatic heterocycles. The number of Topliss-reactive ketones (excluding diaryl/α,β-unsaturated/α-hetero) is 1. The van der Waals surface area contributed by atoms with Crippen molar-refractivity contribution in [3.63, 3.8) is 0 Å². The predicted molar refractivity (Wildman–Crippen MR) is 144 cm³/mol. The maximum Gasteiger partial charge on any atom is 0.196 e. The molecular weight excluding hydrogens is 470 g/mol. The zero-order valence-corrected chi connectivity index (χ0v) is 20.6. The van der Waals surface area contributed by atoms with Crippen LogP contribution in [0.4, 0.5) is 0 Å². The first kappa shape index (κ1) is 23.1. The van der Waals surface area contributed by atoms with Crippen molar-refractivity contribution in [1.29, 1.82) is 0 Å². The highest BCUT2D eigenvalue weighted by Crippen LogP contribution is 2.28. The highest BCUT2D eigenvalue weighted by molar-refractivity contribution is 7.99. The van der Waals surface area contributed by atoms with Crippen molar-refractivity contribution >= 4 is 29.3 Å². The third-order valence-electron chi connectivity index (χ3n) is 5.47. The van der Waals surface area contributed by atoms with Crippen LogP contribution in [0.25, 0.3) is 16.8 Å². The summed E-state index contributed by atoms with van der Waals surface area (Å²) >= 11 is 3.14. The quantitative estimate of drug-likeness (QED) is 0.160. The van der Waals surface area contributed by atoms with Gasteiger partial charge in [-0.15, -0.1) is 22.0 Å². The van der Waals surface area contributed by atoms with Gasteiger partial charge in [-0.25, -0.2) is 0 Å². The Balaban J connectivity index is 1.31. The lowest BCUT2D eigenvalue weighted by Crippen LogP contribution is -2.05. The summed E-state index contributed by atoms with van der Waals surface area (Å²) in [6.45, 7) is 0. The number of hydrogen-bond acceptors (Lipinski definition) is 5. The van der Waals surface area contributed by atoms with Crippen LogP contribution in [0.2, 0.25) is 0 Å². The largest absolute Gasteiger partial charge is 0.293 e. The van der Waals surface area contributed by atoms with Gasteiger partial charge in [-0.2, -0.15) is 0 Å². The standard InChI is InChI=1S/C29H23N3OS2/c33-27(24-18-16-23(17-19-24)22-10-4-1-5-11-22)20-35-29-31-30-28(21-34-26-14-8-3-9-15-26)32(29)25-12-6-2-7-13-25/h1-19H,20-21H2. The molecule has 35 heavy (non-hydrogen) atoms. The normalized spacial score (nSPS) is 10.9. The molecule has 0 aliphatic carbocycles. The molecule has 0 amide bonds. The Hall–Kier alpha value is -3.61. The lowest BCUT2D eigenvalue weighted by molar-refractivity contribution is 0.102. The molecule has 0 saturated heterocycles. The van der Waals surface area contributed by atoms with E-state index in [1.807, 2.05) is 95.6 Å². The Morgan fingerprint density at radius 3 is 1.94 bits per heavy atom. The van der Waals surface area contributed by atoms with E-state index >= 15 is 0 Å². The topological polar surface area (TPSA) is 47.8 Å². The van der Waals surface area contributed by atoms with E-state index in [0.717, 1.165) is 22.6 Å². The van der Waals surface area contributed by atoms with Crippen LogP contribution >= 0.6 is 23.5 Å². The monoisotopic (exact) mass is 493 g/mol. The fourth-order valence-electron chi connectivity index (χ4n) is 3.68. The van der Waals surface area contributed by atoms with Crippen LogP contribution in [0.15, 0.2) is 125 Å². The Kier molecular flexibility index (Phi) is 7.41. The Labute approximate surface area is 213 Å². The summed E-state index contributed by atoms with van der Waals surface area (Å²) in [6, 6.07) is 38.3. The second-order valence-electron chi connectivity index (χ2n) is 7.83. The first-order valence-electron chi connectivity index (χ1n) is 11.3. The van der Waals surface area contributed by atoms with Crippen LogP contribution in [0.1, 0.15) is 16.2 Å². The number of nitrogens with zero attached hydrogens (tertiary/aromatic N) is 3. The van der Waals surface area contributed by atoms with E-state index in [4.69, 9.17) is 0 Å². The van der Waals surface area contributed by atoms with E-state index in [2.05, 4.69) is 34.5 Å². The SMILES string of the molecule is O=C(CSc1nnc(CSc2ccccc2)n1-c1ccccc1)c1ccc(-c2ccccc2)cc1. The van der Waals surface area contributed by atoms with Crippen LogP contribution in [-0.4, -0.2) is 26.3 Å². The number of ketones is 1. The van der Waals surface area contributed by atoms with E-state index in [9.17, 15) is 4.79 Å². The van der Waals surface area contributed by atoms with Crippen molar-refractivity contribution in [2.75, 3.05) is 5.75 Å². The van der Waals surface area contributed by atoms with Crippen molar-refractivity contribution < 1.29 is 4.79 Å². The van der Waals surface area contributed by atoms with Crippen LogP contribution in [0.3, 0.4) is 0 Å². The van der Waals surface area contributed by atoms with Crippen LogP contribution < -0.4 is 0 Å². The zero-order chi connectivity index (χ0) is 23.9. The van der Waals surface area contributed by atoms with E-state index in [-0.39, 0.29) is 5.78 Å². The zero-order valence-electron chi connectivity index (χ0n) is 19.0. The van der Waals surface area contributed by atoms with Crippen molar-refractivity contribution in [3.8, 4) is 16.8 Å². The molecule has 0 aliphatic heterocycles. The number of hydrogen-bond donors (Lipinski definition) is 0. The van der Waals surface area contributed by atoms with Gasteiger partial charge in [-0.3, -0.25) is 9.36 Å². The molecule has 0 bridgehead atoms. The number of para-hydroxylation sites is 1. The molecule has 0 spiro atoms. The van der Waals surface area contributed by atoms with Gasteiger partial charge in [0, 0.05) is 16.1 Å². The van der Waals surface area contributed by atoms with E-state index in [0.29, 0.717) is 22.2 Å². The molecule has 5 rings (SSSR count). The minimum Gasteiger partial charge on any atom is -0.293 e. The summed E-state index contributed by atoms with van der Waals surface area (Å²) < 4.78 is 2.05. The molecule has 5 aromatic rings. The average molecular weight is 494 g/mol. The second kappa shape index (κ2) is 11.2. The summed E-state index contributed by atoms with van der Waals surface area (Å²) in [5.41, 5.74) is 3.92. The molecule has 1 heterocycles. The van der Waals surface area contributed by atoms with Crippen LogP contribution in [0, 0.1) is 0 Å². The molecule has 4 nitrogen and oxygen atoms in total. The van der Waals surface area contributed by atoms with Gasteiger partial charge in [0.05, 0.1) is 11.5 Å². The third kappa shape index (κ3) is 5.73. The van der Waals surface area contributed by atoms with Gasteiger partial charge in [0.15, 0.2) is 10.9 Å². The molecule has 0 fully saturated rings. The molecule has 0 radical (unpaired) electrons. The Morgan fingerprint density at radius 1 is 0.657 bits per heavy atom. The highest BCUT2D eigenvalue weighted by atomic mass is 32.2. The molecule has 4 aromatic carbocycles. The number of carbonyl (C=O) groups is 1. The first-order chi connectivity index (χ1) is 17.3. The minimum absolute atomic E-state index is 0.0671. The van der Waals surface area contributed by atoms with Gasteiger partial charge in [0.1, 0.15) is 5.82 Å². The molecule has 0 N–H and O–H groups in total. The van der Waals surface area contributed by atoms with Gasteiger partial charge in [0.2, 0.25) is 0 Å². The number of benzene rings is 4. The first-order valence-corrected chi connectivity index (χ1v) is 13.2. The van der Waals surface area contributed by atoms with Gasteiger partial charge in [0.25, 0.3) is 0 Å². The lowest BCUT2D eigenvalue weighted by atomic mass is 10.0. The molecule has 0 saturated carbocycles.